The van der Waals surface area contributed by atoms with Crippen LogP contribution in [0.3, 0.4) is 0 Å². The zero-order valence-electron chi connectivity index (χ0n) is 13.0. The van der Waals surface area contributed by atoms with Crippen LogP contribution in [0.5, 0.6) is 17.4 Å². The first-order valence-corrected chi connectivity index (χ1v) is 7.06. The molecule has 1 aromatic heterocycles. The van der Waals surface area contributed by atoms with Crippen LogP contribution in [-0.2, 0) is 37.5 Å². The molecule has 0 aliphatic rings. The van der Waals surface area contributed by atoms with Gasteiger partial charge in [-0.1, -0.05) is 6.07 Å². The van der Waals surface area contributed by atoms with Crippen molar-refractivity contribution in [1.29, 1.82) is 0 Å². The topological polar surface area (TPSA) is 68.7 Å². The molecule has 3 rings (SSSR count). The molecule has 0 saturated carbocycles. The number of carboxylic acid groups (broad SMARTS) is 1. The van der Waals surface area contributed by atoms with E-state index in [9.17, 15) is 4.79 Å². The van der Waals surface area contributed by atoms with E-state index >= 15 is 0 Å². The van der Waals surface area contributed by atoms with Crippen LogP contribution in [0.15, 0.2) is 54.6 Å². The number of ether oxygens (including phenoxy) is 2. The first-order valence-electron chi connectivity index (χ1n) is 7.06. The molecule has 0 saturated heterocycles. The molecule has 3 aromatic rings. The van der Waals surface area contributed by atoms with Gasteiger partial charge in [-0.2, -0.15) is 24.3 Å². The van der Waals surface area contributed by atoms with Gasteiger partial charge >= 0.3 is 38.7 Å². The van der Waals surface area contributed by atoms with Crippen LogP contribution in [-0.4, -0.2) is 22.2 Å². The van der Waals surface area contributed by atoms with Crippen molar-refractivity contribution in [1.82, 2.24) is 4.98 Å². The first-order chi connectivity index (χ1) is 11.1. The molecular formula is C18H14NO4Y+2. The Labute approximate surface area is 164 Å². The zero-order valence-corrected chi connectivity index (χ0v) is 15.8. The second kappa shape index (κ2) is 8.22. The number of nitrogens with zero attached hydrogens (tertiary/aromatic N) is 1. The Morgan fingerprint density at radius 2 is 1.83 bits per heavy atom. The Kier molecular flexibility index (Phi) is 6.29. The van der Waals surface area contributed by atoms with Gasteiger partial charge < -0.3 is 14.6 Å². The van der Waals surface area contributed by atoms with Gasteiger partial charge in [-0.15, -0.1) is 5.39 Å². The van der Waals surface area contributed by atoms with Crippen molar-refractivity contribution >= 4 is 16.9 Å². The number of rotatable bonds is 5. The van der Waals surface area contributed by atoms with Crippen LogP contribution < -0.4 is 9.47 Å². The summed E-state index contributed by atoms with van der Waals surface area (Å²) >= 11 is 0. The van der Waals surface area contributed by atoms with E-state index < -0.39 is 12.1 Å². The van der Waals surface area contributed by atoms with E-state index in [1.807, 2.05) is 18.2 Å². The summed E-state index contributed by atoms with van der Waals surface area (Å²) in [6, 6.07) is 19.0. The van der Waals surface area contributed by atoms with Gasteiger partial charge in [-0.3, -0.25) is 4.98 Å². The van der Waals surface area contributed by atoms with E-state index in [0.29, 0.717) is 17.4 Å². The number of carboxylic acids is 1. The molecular weight excluding hydrogens is 383 g/mol. The second-order valence-electron chi connectivity index (χ2n) is 4.94. The summed E-state index contributed by atoms with van der Waals surface area (Å²) in [6.07, 6.45) is -0.903. The van der Waals surface area contributed by atoms with Gasteiger partial charge in [0.15, 0.2) is 6.10 Å². The number of pyridine rings is 1. The SMILES string of the molecule is CC(Oc1ccc(Oc2ccc3cc[c-]cc3n2)cc1)C(=O)O.[Y+3]. The van der Waals surface area contributed by atoms with Crippen molar-refractivity contribution in [2.24, 2.45) is 0 Å². The molecule has 0 amide bonds. The van der Waals surface area contributed by atoms with Gasteiger partial charge in [-0.25, -0.2) is 4.79 Å². The average molecular weight is 397 g/mol. The Morgan fingerprint density at radius 3 is 2.54 bits per heavy atom. The molecule has 24 heavy (non-hydrogen) atoms. The molecule has 6 heteroatoms. The molecule has 1 unspecified atom stereocenters. The van der Waals surface area contributed by atoms with E-state index in [4.69, 9.17) is 14.6 Å². The summed E-state index contributed by atoms with van der Waals surface area (Å²) in [4.78, 5) is 15.2. The smallest absolute Gasteiger partial charge is 0.479 e. The third-order valence-electron chi connectivity index (χ3n) is 3.22. The number of hydrogen-bond acceptors (Lipinski definition) is 4. The van der Waals surface area contributed by atoms with Crippen molar-refractivity contribution in [2.45, 2.75) is 13.0 Å². The Hall–Kier alpha value is -1.98. The Bertz CT molecular complexity index is 836. The fourth-order valence-corrected chi connectivity index (χ4v) is 2.01. The van der Waals surface area contributed by atoms with Crippen LogP contribution in [0.1, 0.15) is 6.92 Å². The molecule has 2 aromatic carbocycles. The van der Waals surface area contributed by atoms with Gasteiger partial charge in [0.1, 0.15) is 11.5 Å². The molecule has 0 spiro atoms. The number of aromatic nitrogens is 1. The first kappa shape index (κ1) is 18.4. The van der Waals surface area contributed by atoms with E-state index in [1.165, 1.54) is 6.92 Å². The predicted octanol–water partition coefficient (Wildman–Crippen LogP) is 3.68. The van der Waals surface area contributed by atoms with Crippen LogP contribution in [0.25, 0.3) is 10.9 Å². The van der Waals surface area contributed by atoms with Crippen molar-refractivity contribution in [3.63, 3.8) is 0 Å². The largest absolute Gasteiger partial charge is 3.00 e. The van der Waals surface area contributed by atoms with Gasteiger partial charge in [0.05, 0.1) is 0 Å². The van der Waals surface area contributed by atoms with Crippen molar-refractivity contribution < 1.29 is 52.1 Å². The molecule has 1 heterocycles. The molecule has 1 atom stereocenters. The third-order valence-corrected chi connectivity index (χ3v) is 3.22. The van der Waals surface area contributed by atoms with Crippen LogP contribution in [0, 0.1) is 6.07 Å². The molecule has 0 radical (unpaired) electrons. The number of hydrogen-bond donors (Lipinski definition) is 1. The normalized spacial score (nSPS) is 11.4. The summed E-state index contributed by atoms with van der Waals surface area (Å²) in [5, 5.41) is 9.84. The summed E-state index contributed by atoms with van der Waals surface area (Å²) in [6.45, 7) is 1.47. The molecule has 5 nitrogen and oxygen atoms in total. The Morgan fingerprint density at radius 1 is 1.12 bits per heavy atom. The van der Waals surface area contributed by atoms with Crippen LogP contribution >= 0.6 is 0 Å². The minimum atomic E-state index is -1.01. The van der Waals surface area contributed by atoms with E-state index in [1.54, 1.807) is 36.4 Å². The van der Waals surface area contributed by atoms with E-state index in [-0.39, 0.29) is 32.7 Å². The maximum atomic E-state index is 10.8. The number of fused-ring (bicyclic) bond motifs is 1. The van der Waals surface area contributed by atoms with E-state index in [0.717, 1.165) is 10.9 Å². The Balaban J connectivity index is 0.00000208. The molecule has 0 aliphatic carbocycles. The number of aliphatic carboxylic acids is 1. The number of benzene rings is 2. The minimum absolute atomic E-state index is 0. The fraction of sp³-hybridized carbons (Fsp3) is 0.111. The quantitative estimate of drug-likeness (QED) is 0.666. The predicted molar refractivity (Wildman–Crippen MR) is 84.8 cm³/mol. The van der Waals surface area contributed by atoms with Crippen molar-refractivity contribution in [2.75, 3.05) is 0 Å². The monoisotopic (exact) mass is 397 g/mol. The third kappa shape index (κ3) is 4.52. The van der Waals surface area contributed by atoms with Crippen molar-refractivity contribution in [3.8, 4) is 17.4 Å². The summed E-state index contributed by atoms with van der Waals surface area (Å²) < 4.78 is 11.0. The van der Waals surface area contributed by atoms with Gasteiger partial charge in [-0.05, 0) is 42.8 Å². The summed E-state index contributed by atoms with van der Waals surface area (Å²) in [7, 11) is 0. The number of carbonyl (C=O) groups is 1. The fourth-order valence-electron chi connectivity index (χ4n) is 2.01. The molecule has 116 valence electrons. The summed E-state index contributed by atoms with van der Waals surface area (Å²) in [5.74, 6) is 0.521. The van der Waals surface area contributed by atoms with E-state index in [2.05, 4.69) is 11.1 Å². The van der Waals surface area contributed by atoms with Gasteiger partial charge in [0.25, 0.3) is 0 Å². The molecule has 1 N–H and O–H groups in total. The maximum Gasteiger partial charge on any atom is 3.00 e. The molecule has 0 bridgehead atoms. The zero-order chi connectivity index (χ0) is 16.2. The molecule has 0 fully saturated rings. The van der Waals surface area contributed by atoms with Crippen molar-refractivity contribution in [3.05, 3.63) is 60.7 Å². The van der Waals surface area contributed by atoms with Gasteiger partial charge in [0, 0.05) is 0 Å². The van der Waals surface area contributed by atoms with Crippen LogP contribution in [0.2, 0.25) is 0 Å². The standard InChI is InChI=1S/C18H14NO4.Y/c1-12(18(20)21)22-14-7-9-15(10-8-14)23-17-11-6-13-4-2-3-5-16(13)19-17;/h2,4-12H,1H3,(H,20,21);/q-1;+3. The minimum Gasteiger partial charge on any atom is -0.479 e. The molecule has 0 aliphatic heterocycles. The van der Waals surface area contributed by atoms with Gasteiger partial charge in [0.2, 0.25) is 5.88 Å². The summed E-state index contributed by atoms with van der Waals surface area (Å²) in [5.41, 5.74) is 0.806. The average Bonchev–Trinajstić information content (AvgIpc) is 2.56. The van der Waals surface area contributed by atoms with Crippen LogP contribution in [0.4, 0.5) is 0 Å². The second-order valence-corrected chi connectivity index (χ2v) is 4.94. The maximum absolute atomic E-state index is 10.8.